The second-order valence-corrected chi connectivity index (χ2v) is 4.31. The molecule has 0 atom stereocenters. The number of para-hydroxylation sites is 1. The van der Waals surface area contributed by atoms with Gasteiger partial charge < -0.3 is 4.74 Å². The molecule has 2 aromatic carbocycles. The maximum absolute atomic E-state index is 12.7. The van der Waals surface area contributed by atoms with Crippen molar-refractivity contribution in [2.45, 2.75) is 12.8 Å². The molecule has 0 heterocycles. The molecule has 0 aliphatic rings. The second kappa shape index (κ2) is 6.60. The summed E-state index contributed by atoms with van der Waals surface area (Å²) >= 11 is 0. The maximum atomic E-state index is 12.7. The molecule has 6 heteroatoms. The Morgan fingerprint density at radius 3 is 2.48 bits per heavy atom. The van der Waals surface area contributed by atoms with E-state index in [9.17, 15) is 19.3 Å². The number of carbonyl (C=O) groups excluding carboxylic acids is 1. The topological polar surface area (TPSA) is 69.4 Å². The van der Waals surface area contributed by atoms with E-state index in [2.05, 4.69) is 0 Å². The Labute approximate surface area is 120 Å². The highest BCUT2D eigenvalue weighted by atomic mass is 19.1. The number of esters is 1. The van der Waals surface area contributed by atoms with Crippen LogP contribution in [0.25, 0.3) is 0 Å². The number of halogens is 1. The quantitative estimate of drug-likeness (QED) is 0.366. The number of hydrogen-bond donors (Lipinski definition) is 0. The fourth-order valence-corrected chi connectivity index (χ4v) is 1.82. The molecule has 2 aromatic rings. The monoisotopic (exact) mass is 289 g/mol. The first kappa shape index (κ1) is 14.6. The number of aryl methyl sites for hydroxylation is 1. The number of carbonyl (C=O) groups is 1. The van der Waals surface area contributed by atoms with Gasteiger partial charge in [-0.3, -0.25) is 14.9 Å². The molecule has 0 radical (unpaired) electrons. The molecule has 0 aliphatic heterocycles. The van der Waals surface area contributed by atoms with Crippen molar-refractivity contribution in [3.8, 4) is 5.75 Å². The Morgan fingerprint density at radius 1 is 1.14 bits per heavy atom. The highest BCUT2D eigenvalue weighted by molar-refractivity contribution is 5.72. The fraction of sp³-hybridized carbons (Fsp3) is 0.133. The standard InChI is InChI=1S/C15H12FNO4/c16-12-6-8-13(9-7-12)21-15(18)10-5-11-3-1-2-4-14(11)17(19)20/h1-4,6-9H,5,10H2. The highest BCUT2D eigenvalue weighted by Gasteiger charge is 2.14. The van der Waals surface area contributed by atoms with E-state index in [4.69, 9.17) is 4.74 Å². The molecule has 0 spiro atoms. The first-order valence-corrected chi connectivity index (χ1v) is 6.25. The van der Waals surface area contributed by atoms with Crippen LogP contribution in [-0.4, -0.2) is 10.9 Å². The van der Waals surface area contributed by atoms with Crippen LogP contribution in [0.2, 0.25) is 0 Å². The summed E-state index contributed by atoms with van der Waals surface area (Å²) in [4.78, 5) is 22.0. The summed E-state index contributed by atoms with van der Waals surface area (Å²) in [7, 11) is 0. The minimum atomic E-state index is -0.528. The molecular weight excluding hydrogens is 277 g/mol. The van der Waals surface area contributed by atoms with Crippen molar-refractivity contribution in [2.75, 3.05) is 0 Å². The molecule has 2 rings (SSSR count). The van der Waals surface area contributed by atoms with Crippen molar-refractivity contribution < 1.29 is 18.8 Å². The number of nitro benzene ring substituents is 1. The van der Waals surface area contributed by atoms with Crippen molar-refractivity contribution >= 4 is 11.7 Å². The third-order valence-corrected chi connectivity index (χ3v) is 2.83. The molecule has 0 fully saturated rings. The van der Waals surface area contributed by atoms with E-state index in [1.54, 1.807) is 18.2 Å². The molecule has 0 bridgehead atoms. The van der Waals surface area contributed by atoms with Crippen molar-refractivity contribution in [3.63, 3.8) is 0 Å². The van der Waals surface area contributed by atoms with E-state index in [0.717, 1.165) is 0 Å². The van der Waals surface area contributed by atoms with Gasteiger partial charge in [0.15, 0.2) is 0 Å². The van der Waals surface area contributed by atoms with Gasteiger partial charge in [-0.05, 0) is 30.7 Å². The van der Waals surface area contributed by atoms with Crippen LogP contribution in [0.1, 0.15) is 12.0 Å². The van der Waals surface area contributed by atoms with E-state index in [1.165, 1.54) is 30.3 Å². The van der Waals surface area contributed by atoms with E-state index in [-0.39, 0.29) is 24.3 Å². The number of nitro groups is 1. The van der Waals surface area contributed by atoms with Gasteiger partial charge in [-0.25, -0.2) is 4.39 Å². The predicted molar refractivity (Wildman–Crippen MR) is 73.5 cm³/mol. The zero-order chi connectivity index (χ0) is 15.2. The third-order valence-electron chi connectivity index (χ3n) is 2.83. The summed E-state index contributed by atoms with van der Waals surface area (Å²) in [6, 6.07) is 11.3. The van der Waals surface area contributed by atoms with Gasteiger partial charge in [-0.1, -0.05) is 18.2 Å². The molecule has 0 saturated heterocycles. The lowest BCUT2D eigenvalue weighted by Crippen LogP contribution is -2.09. The van der Waals surface area contributed by atoms with Crippen LogP contribution in [0.4, 0.5) is 10.1 Å². The molecule has 0 aromatic heterocycles. The Hall–Kier alpha value is -2.76. The lowest BCUT2D eigenvalue weighted by atomic mass is 10.1. The number of hydrogen-bond acceptors (Lipinski definition) is 4. The van der Waals surface area contributed by atoms with Crippen LogP contribution in [0.5, 0.6) is 5.75 Å². The van der Waals surface area contributed by atoms with Crippen LogP contribution >= 0.6 is 0 Å². The summed E-state index contributed by atoms with van der Waals surface area (Å²) in [5.41, 5.74) is 0.450. The zero-order valence-electron chi connectivity index (χ0n) is 11.0. The van der Waals surface area contributed by atoms with Crippen molar-refractivity contribution in [3.05, 3.63) is 70.0 Å². The van der Waals surface area contributed by atoms with Gasteiger partial charge in [0.2, 0.25) is 0 Å². The smallest absolute Gasteiger partial charge is 0.311 e. The van der Waals surface area contributed by atoms with Crippen LogP contribution in [0.3, 0.4) is 0 Å². The minimum absolute atomic E-state index is 0.00221. The van der Waals surface area contributed by atoms with Crippen molar-refractivity contribution in [2.24, 2.45) is 0 Å². The lowest BCUT2D eigenvalue weighted by Gasteiger charge is -2.05. The third kappa shape index (κ3) is 4.10. The predicted octanol–water partition coefficient (Wildman–Crippen LogP) is 3.27. The first-order valence-electron chi connectivity index (χ1n) is 6.25. The molecule has 0 unspecified atom stereocenters. The van der Waals surface area contributed by atoms with E-state index in [1.807, 2.05) is 0 Å². The number of ether oxygens (including phenoxy) is 1. The zero-order valence-corrected chi connectivity index (χ0v) is 11.0. The molecular formula is C15H12FNO4. The van der Waals surface area contributed by atoms with Crippen molar-refractivity contribution in [1.29, 1.82) is 0 Å². The molecule has 21 heavy (non-hydrogen) atoms. The van der Waals surface area contributed by atoms with Gasteiger partial charge in [-0.15, -0.1) is 0 Å². The Balaban J connectivity index is 1.95. The first-order chi connectivity index (χ1) is 10.1. The maximum Gasteiger partial charge on any atom is 0.311 e. The van der Waals surface area contributed by atoms with Crippen molar-refractivity contribution in [1.82, 2.24) is 0 Å². The largest absolute Gasteiger partial charge is 0.427 e. The molecule has 0 saturated carbocycles. The van der Waals surface area contributed by atoms with E-state index >= 15 is 0 Å². The van der Waals surface area contributed by atoms with Crippen LogP contribution < -0.4 is 4.74 Å². The van der Waals surface area contributed by atoms with Gasteiger partial charge in [0.25, 0.3) is 5.69 Å². The van der Waals surface area contributed by atoms with Crippen LogP contribution in [-0.2, 0) is 11.2 Å². The summed E-state index contributed by atoms with van der Waals surface area (Å²) in [6.45, 7) is 0. The number of nitrogens with zero attached hydrogens (tertiary/aromatic N) is 1. The fourth-order valence-electron chi connectivity index (χ4n) is 1.82. The van der Waals surface area contributed by atoms with Gasteiger partial charge in [-0.2, -0.15) is 0 Å². The van der Waals surface area contributed by atoms with Gasteiger partial charge >= 0.3 is 5.97 Å². The second-order valence-electron chi connectivity index (χ2n) is 4.31. The van der Waals surface area contributed by atoms with Crippen LogP contribution in [0.15, 0.2) is 48.5 Å². The van der Waals surface area contributed by atoms with E-state index in [0.29, 0.717) is 5.56 Å². The minimum Gasteiger partial charge on any atom is -0.427 e. The summed E-state index contributed by atoms with van der Waals surface area (Å²) < 4.78 is 17.7. The molecule has 0 aliphatic carbocycles. The lowest BCUT2D eigenvalue weighted by molar-refractivity contribution is -0.385. The van der Waals surface area contributed by atoms with Crippen LogP contribution in [0, 0.1) is 15.9 Å². The number of benzene rings is 2. The molecule has 0 amide bonds. The van der Waals surface area contributed by atoms with Gasteiger partial charge in [0.05, 0.1) is 11.3 Å². The SMILES string of the molecule is O=C(CCc1ccccc1[N+](=O)[O-])Oc1ccc(F)cc1. The summed E-state index contributed by atoms with van der Waals surface area (Å²) in [5, 5.41) is 10.8. The van der Waals surface area contributed by atoms with Gasteiger partial charge in [0, 0.05) is 11.6 Å². The highest BCUT2D eigenvalue weighted by Crippen LogP contribution is 2.19. The molecule has 5 nitrogen and oxygen atoms in total. The Morgan fingerprint density at radius 2 is 1.81 bits per heavy atom. The average Bonchev–Trinajstić information content (AvgIpc) is 2.48. The molecule has 108 valence electrons. The Bertz CT molecular complexity index is 655. The van der Waals surface area contributed by atoms with Gasteiger partial charge in [0.1, 0.15) is 11.6 Å². The van der Waals surface area contributed by atoms with E-state index < -0.39 is 16.7 Å². The summed E-state index contributed by atoms with van der Waals surface area (Å²) in [5.74, 6) is -0.710. The normalized spacial score (nSPS) is 10.1. The molecule has 0 N–H and O–H groups in total. The number of rotatable bonds is 5. The average molecular weight is 289 g/mol. The summed E-state index contributed by atoms with van der Waals surface area (Å²) in [6.07, 6.45) is 0.208. The Kier molecular flexibility index (Phi) is 4.61.